The predicted molar refractivity (Wildman–Crippen MR) is 171 cm³/mol. The van der Waals surface area contributed by atoms with Crippen LogP contribution in [-0.4, -0.2) is 27.0 Å². The summed E-state index contributed by atoms with van der Waals surface area (Å²) in [4.78, 5) is 56.1. The number of nitro benzene ring substituents is 1. The van der Waals surface area contributed by atoms with Crippen LogP contribution < -0.4 is 14.5 Å². The number of amides is 2. The number of benzene rings is 3. The number of H-pyrrole nitrogens is 1. The number of thioether (sulfide) groups is 1. The summed E-state index contributed by atoms with van der Waals surface area (Å²) in [5, 5.41) is 12.8. The molecule has 4 aliphatic rings. The molecule has 2 bridgehead atoms. The summed E-state index contributed by atoms with van der Waals surface area (Å²) in [6, 6.07) is 15.9. The average molecular weight is 714 g/mol. The molecule has 1 N–H and O–H groups in total. The van der Waals surface area contributed by atoms with Crippen LogP contribution in [0.2, 0.25) is 5.02 Å². The van der Waals surface area contributed by atoms with Gasteiger partial charge in [-0.25, -0.2) is 4.90 Å². The van der Waals surface area contributed by atoms with Gasteiger partial charge in [-0.3, -0.25) is 24.5 Å². The normalized spacial score (nSPS) is 27.2. The molecular formula is C33H23ClF3N3O6S2. The van der Waals surface area contributed by atoms with Crippen molar-refractivity contribution in [1.29, 1.82) is 0 Å². The molecule has 3 aromatic carbocycles. The minimum Gasteiger partial charge on any atom is -0.489 e. The van der Waals surface area contributed by atoms with Gasteiger partial charge in [0.05, 0.1) is 33.0 Å². The van der Waals surface area contributed by atoms with Crippen molar-refractivity contribution in [3.63, 3.8) is 0 Å². The zero-order valence-electron chi connectivity index (χ0n) is 24.5. The lowest BCUT2D eigenvalue weighted by Gasteiger charge is -2.43. The van der Waals surface area contributed by atoms with Crippen molar-refractivity contribution in [2.75, 3.05) is 4.90 Å². The Kier molecular flexibility index (Phi) is 7.27. The second-order valence-corrected chi connectivity index (χ2v) is 15.0. The third-order valence-corrected chi connectivity index (χ3v) is 12.9. The number of ether oxygens (including phenoxy) is 1. The number of aromatic amines is 1. The van der Waals surface area contributed by atoms with Crippen molar-refractivity contribution >= 4 is 57.9 Å². The van der Waals surface area contributed by atoms with Gasteiger partial charge in [0.15, 0.2) is 0 Å². The highest BCUT2D eigenvalue weighted by atomic mass is 35.5. The van der Waals surface area contributed by atoms with E-state index in [9.17, 15) is 37.7 Å². The summed E-state index contributed by atoms with van der Waals surface area (Å²) in [7, 11) is 0. The van der Waals surface area contributed by atoms with Crippen molar-refractivity contribution in [3.8, 4) is 5.75 Å². The van der Waals surface area contributed by atoms with Gasteiger partial charge in [0.25, 0.3) is 5.69 Å². The number of rotatable bonds is 6. The van der Waals surface area contributed by atoms with Crippen LogP contribution in [0.4, 0.5) is 24.5 Å². The molecule has 2 aliphatic heterocycles. The van der Waals surface area contributed by atoms with Crippen LogP contribution in [0, 0.1) is 39.7 Å². The number of fused-ring (bicyclic) bond motifs is 9. The molecule has 9 nitrogen and oxygen atoms in total. The summed E-state index contributed by atoms with van der Waals surface area (Å²) in [5.74, 6) is -4.47. The quantitative estimate of drug-likeness (QED) is 0.127. The highest BCUT2D eigenvalue weighted by Gasteiger charge is 2.70. The number of carbonyl (C=O) groups is 2. The van der Waals surface area contributed by atoms with Crippen LogP contribution in [0.3, 0.4) is 0 Å². The Morgan fingerprint density at radius 1 is 1.00 bits per heavy atom. The first-order valence-electron chi connectivity index (χ1n) is 15.0. The Labute approximate surface area is 283 Å². The van der Waals surface area contributed by atoms with E-state index >= 15 is 0 Å². The highest BCUT2D eigenvalue weighted by Crippen LogP contribution is 2.69. The maximum atomic E-state index is 14.1. The number of aromatic nitrogens is 1. The van der Waals surface area contributed by atoms with E-state index in [2.05, 4.69) is 4.98 Å². The van der Waals surface area contributed by atoms with Crippen LogP contribution in [0.1, 0.15) is 33.9 Å². The van der Waals surface area contributed by atoms with Gasteiger partial charge in [-0.15, -0.1) is 11.8 Å². The second-order valence-electron chi connectivity index (χ2n) is 12.4. The molecule has 1 saturated heterocycles. The maximum absolute atomic E-state index is 14.1. The number of carbonyl (C=O) groups excluding carboxylic acids is 2. The number of nitrogens with one attached hydrogen (secondary N) is 1. The lowest BCUT2D eigenvalue weighted by atomic mass is 9.68. The topological polar surface area (TPSA) is 123 Å². The molecule has 1 aromatic heterocycles. The van der Waals surface area contributed by atoms with E-state index < -0.39 is 57.8 Å². The molecule has 7 atom stereocenters. The highest BCUT2D eigenvalue weighted by molar-refractivity contribution is 8.00. The number of nitrogens with zero attached hydrogens (tertiary/aromatic N) is 2. The molecule has 4 aromatic rings. The molecular weight excluding hydrogens is 691 g/mol. The van der Waals surface area contributed by atoms with Gasteiger partial charge in [-0.2, -0.15) is 13.2 Å². The zero-order chi connectivity index (χ0) is 33.6. The van der Waals surface area contributed by atoms with Gasteiger partial charge in [-0.1, -0.05) is 47.2 Å². The minimum absolute atomic E-state index is 0.116. The third-order valence-electron chi connectivity index (χ3n) is 10.0. The van der Waals surface area contributed by atoms with Gasteiger partial charge < -0.3 is 9.72 Å². The van der Waals surface area contributed by atoms with Gasteiger partial charge in [0.2, 0.25) is 11.8 Å². The molecule has 48 heavy (non-hydrogen) atoms. The average Bonchev–Trinajstić information content (AvgIpc) is 3.79. The molecule has 2 amide bonds. The molecule has 3 fully saturated rings. The van der Waals surface area contributed by atoms with Crippen molar-refractivity contribution in [2.45, 2.75) is 35.4 Å². The van der Waals surface area contributed by atoms with E-state index in [0.29, 0.717) is 37.6 Å². The molecule has 2 aliphatic carbocycles. The summed E-state index contributed by atoms with van der Waals surface area (Å²) in [6.07, 6.45) is -4.30. The number of thiazole rings is 1. The summed E-state index contributed by atoms with van der Waals surface area (Å²) >= 11 is 8.41. The Morgan fingerprint density at radius 2 is 1.71 bits per heavy atom. The standard InChI is InChI=1S/C33H23ClF3N3O6S2/c34-15-7-5-14(6-8-15)13-46-22-10-9-16(40(44)45)11-17(22)23-24-18-12-19(27(24)47-29-28(23)48-32(43)38-29)26-25(18)30(41)39(31(26)42)21-4-2-1-3-20(21)33(35,36)37/h1-11,18-19,23-27H,12-13H2,(H,38,43)/t18-,19-,23+,24+,25+,26+,27-/m1/s1. The van der Waals surface area contributed by atoms with Crippen molar-refractivity contribution in [2.24, 2.45) is 29.6 Å². The van der Waals surface area contributed by atoms with Crippen LogP contribution >= 0.6 is 34.7 Å². The monoisotopic (exact) mass is 713 g/mol. The lowest BCUT2D eigenvalue weighted by Crippen LogP contribution is -2.42. The fourth-order valence-corrected chi connectivity index (χ4v) is 11.3. The van der Waals surface area contributed by atoms with Crippen molar-refractivity contribution < 1.29 is 32.4 Å². The lowest BCUT2D eigenvalue weighted by molar-refractivity contribution is -0.385. The number of hydrogen-bond donors (Lipinski definition) is 1. The molecule has 3 heterocycles. The molecule has 246 valence electrons. The van der Waals surface area contributed by atoms with Crippen molar-refractivity contribution in [1.82, 2.24) is 4.98 Å². The minimum atomic E-state index is -4.78. The fourth-order valence-electron chi connectivity index (χ4n) is 8.28. The molecule has 0 spiro atoms. The number of halogens is 4. The molecule has 2 saturated carbocycles. The smallest absolute Gasteiger partial charge is 0.418 e. The van der Waals surface area contributed by atoms with Crippen LogP contribution in [0.15, 0.2) is 76.6 Å². The van der Waals surface area contributed by atoms with Crippen molar-refractivity contribution in [3.05, 3.63) is 113 Å². The first kappa shape index (κ1) is 31.1. The predicted octanol–water partition coefficient (Wildman–Crippen LogP) is 7.27. The first-order valence-corrected chi connectivity index (χ1v) is 17.1. The number of non-ortho nitro benzene ring substituents is 1. The largest absolute Gasteiger partial charge is 0.489 e. The maximum Gasteiger partial charge on any atom is 0.418 e. The number of para-hydroxylation sites is 1. The Bertz CT molecular complexity index is 2070. The van der Waals surface area contributed by atoms with Crippen LogP contribution in [-0.2, 0) is 22.4 Å². The summed E-state index contributed by atoms with van der Waals surface area (Å²) in [6.45, 7) is 0.116. The first-order chi connectivity index (χ1) is 22.9. The van der Waals surface area contributed by atoms with E-state index in [4.69, 9.17) is 16.3 Å². The SMILES string of the molecule is O=C1[C@H]2[C@H]3C[C@@H]([C@@H]2C(=O)N1c1ccccc1C(F)(F)F)[C@H]1[C@H](c2cc([N+](=O)[O-])ccc2OCc2ccc(Cl)cc2)c2sc(=O)[nH]c2S[C@H]31. The second kappa shape index (κ2) is 11.2. The van der Waals surface area contributed by atoms with E-state index in [-0.39, 0.29) is 34.3 Å². The zero-order valence-corrected chi connectivity index (χ0v) is 26.9. The van der Waals surface area contributed by atoms with Crippen LogP contribution in [0.5, 0.6) is 5.75 Å². The van der Waals surface area contributed by atoms with Crippen LogP contribution in [0.25, 0.3) is 0 Å². The molecule has 0 unspecified atom stereocenters. The number of hydrogen-bond acceptors (Lipinski definition) is 8. The molecule has 15 heteroatoms. The van der Waals surface area contributed by atoms with Gasteiger partial charge in [0.1, 0.15) is 12.4 Å². The number of alkyl halides is 3. The van der Waals surface area contributed by atoms with E-state index in [1.807, 2.05) is 0 Å². The van der Waals surface area contributed by atoms with Gasteiger partial charge in [0, 0.05) is 38.8 Å². The third kappa shape index (κ3) is 4.78. The van der Waals surface area contributed by atoms with E-state index in [1.54, 1.807) is 24.3 Å². The number of nitro groups is 1. The van der Waals surface area contributed by atoms with E-state index in [1.165, 1.54) is 42.1 Å². The Balaban J connectivity index is 1.22. The fraction of sp³-hybridized carbons (Fsp3) is 0.303. The molecule has 8 rings (SSSR count). The van der Waals surface area contributed by atoms with E-state index in [0.717, 1.165) is 29.0 Å². The Morgan fingerprint density at radius 3 is 2.42 bits per heavy atom. The number of anilines is 1. The summed E-state index contributed by atoms with van der Waals surface area (Å²) < 4.78 is 48.3. The summed E-state index contributed by atoms with van der Waals surface area (Å²) in [5.41, 5.74) is -0.482. The Hall–Kier alpha value is -4.14. The number of imide groups is 1. The van der Waals surface area contributed by atoms with Gasteiger partial charge in [-0.05, 0) is 60.1 Å². The molecule has 0 radical (unpaired) electrons. The van der Waals surface area contributed by atoms with Gasteiger partial charge >= 0.3 is 11.0 Å².